The summed E-state index contributed by atoms with van der Waals surface area (Å²) in [5.41, 5.74) is 6.01. The van der Waals surface area contributed by atoms with Crippen molar-refractivity contribution in [2.24, 2.45) is 0 Å². The summed E-state index contributed by atoms with van der Waals surface area (Å²) in [6.07, 6.45) is 1.66. The van der Waals surface area contributed by atoms with Crippen molar-refractivity contribution in [2.75, 3.05) is 0 Å². The zero-order valence-corrected chi connectivity index (χ0v) is 28.6. The van der Waals surface area contributed by atoms with Gasteiger partial charge in [0.2, 0.25) is 12.6 Å². The molecule has 0 spiro atoms. The molecule has 7 rings (SSSR count). The predicted molar refractivity (Wildman–Crippen MR) is 201 cm³/mol. The maximum absolute atomic E-state index is 12.1. The van der Waals surface area contributed by atoms with Gasteiger partial charge in [-0.15, -0.1) is 0 Å². The quantitative estimate of drug-likeness (QED) is 0.0730. The molecule has 2 unspecified atom stereocenters. The molecule has 6 heteroatoms. The van der Waals surface area contributed by atoms with Gasteiger partial charge in [0.15, 0.2) is 0 Å². The summed E-state index contributed by atoms with van der Waals surface area (Å²) in [5, 5.41) is 3.78. The average molecular weight is 675 g/mol. The highest BCUT2D eigenvalue weighted by Gasteiger charge is 2.47. The van der Waals surface area contributed by atoms with Crippen LogP contribution in [0.15, 0.2) is 147 Å². The van der Waals surface area contributed by atoms with Crippen molar-refractivity contribution in [3.63, 3.8) is 0 Å². The van der Waals surface area contributed by atoms with Crippen molar-refractivity contribution < 1.29 is 28.5 Å². The molecule has 0 N–H and O–H groups in total. The van der Waals surface area contributed by atoms with Crippen LogP contribution in [-0.4, -0.2) is 24.5 Å². The first-order valence-electron chi connectivity index (χ1n) is 17.2. The van der Waals surface area contributed by atoms with Crippen LogP contribution < -0.4 is 9.47 Å². The number of benzene rings is 6. The molecule has 1 aliphatic carbocycles. The van der Waals surface area contributed by atoms with Gasteiger partial charge in [-0.2, -0.15) is 0 Å². The maximum Gasteiger partial charge on any atom is 0.333 e. The lowest BCUT2D eigenvalue weighted by atomic mass is 9.65. The molecule has 0 heterocycles. The van der Waals surface area contributed by atoms with Crippen molar-refractivity contribution in [3.05, 3.63) is 169 Å². The monoisotopic (exact) mass is 674 g/mol. The normalized spacial score (nSPS) is 13.8. The summed E-state index contributed by atoms with van der Waals surface area (Å²) in [7, 11) is 0. The number of hydrogen-bond acceptors (Lipinski definition) is 6. The van der Waals surface area contributed by atoms with Crippen LogP contribution in [-0.2, 0) is 24.5 Å². The Bertz CT molecular complexity index is 2140. The third-order valence-electron chi connectivity index (χ3n) is 9.54. The van der Waals surface area contributed by atoms with Crippen LogP contribution in [0, 0.1) is 0 Å². The number of ether oxygens (including phenoxy) is 4. The van der Waals surface area contributed by atoms with E-state index >= 15 is 0 Å². The fraction of sp³-hybridized carbons (Fsp3) is 0.156. The first-order chi connectivity index (χ1) is 24.9. The van der Waals surface area contributed by atoms with Crippen molar-refractivity contribution in [3.8, 4) is 22.6 Å². The molecule has 0 saturated heterocycles. The lowest BCUT2D eigenvalue weighted by Gasteiger charge is -2.36. The van der Waals surface area contributed by atoms with Crippen molar-refractivity contribution in [2.45, 2.75) is 44.7 Å². The summed E-state index contributed by atoms with van der Waals surface area (Å²) in [4.78, 5) is 24.2. The molecule has 0 aromatic heterocycles. The zero-order valence-electron chi connectivity index (χ0n) is 28.6. The van der Waals surface area contributed by atoms with Crippen LogP contribution in [0.2, 0.25) is 0 Å². The zero-order chi connectivity index (χ0) is 35.5. The van der Waals surface area contributed by atoms with Gasteiger partial charge < -0.3 is 18.9 Å². The smallest absolute Gasteiger partial charge is 0.333 e. The van der Waals surface area contributed by atoms with Gasteiger partial charge in [0.25, 0.3) is 0 Å². The summed E-state index contributed by atoms with van der Waals surface area (Å²) in [5.74, 6) is 0.149. The van der Waals surface area contributed by atoms with Gasteiger partial charge in [0, 0.05) is 35.8 Å². The van der Waals surface area contributed by atoms with Crippen LogP contribution >= 0.6 is 0 Å². The average Bonchev–Trinajstić information content (AvgIpc) is 3.48. The van der Waals surface area contributed by atoms with Crippen LogP contribution in [0.5, 0.6) is 11.5 Å². The predicted octanol–water partition coefficient (Wildman–Crippen LogP) is 10.0. The minimum Gasteiger partial charge on any atom is -0.454 e. The van der Waals surface area contributed by atoms with Crippen LogP contribution in [0.25, 0.3) is 32.7 Å². The Morgan fingerprint density at radius 1 is 0.529 bits per heavy atom. The van der Waals surface area contributed by atoms with Gasteiger partial charge >= 0.3 is 11.9 Å². The third kappa shape index (κ3) is 5.73. The molecule has 0 aliphatic heterocycles. The second kappa shape index (κ2) is 14.0. The highest BCUT2D eigenvalue weighted by molar-refractivity contribution is 6.01. The largest absolute Gasteiger partial charge is 0.454 e. The lowest BCUT2D eigenvalue weighted by Crippen LogP contribution is -2.29. The third-order valence-corrected chi connectivity index (χ3v) is 9.54. The molecule has 6 nitrogen and oxygen atoms in total. The molecule has 254 valence electrons. The van der Waals surface area contributed by atoms with Gasteiger partial charge in [-0.05, 0) is 56.3 Å². The molecule has 0 saturated carbocycles. The summed E-state index contributed by atoms with van der Waals surface area (Å²) < 4.78 is 23.8. The molecule has 6 aromatic carbocycles. The molecule has 6 aromatic rings. The number of carbonyl (C=O) groups is 2. The second-order valence-electron chi connectivity index (χ2n) is 12.3. The Kier molecular flexibility index (Phi) is 9.16. The van der Waals surface area contributed by atoms with Gasteiger partial charge in [-0.25, -0.2) is 9.59 Å². The van der Waals surface area contributed by atoms with E-state index in [1.807, 2.05) is 62.4 Å². The van der Waals surface area contributed by atoms with Crippen molar-refractivity contribution >= 4 is 33.5 Å². The molecule has 0 fully saturated rings. The lowest BCUT2D eigenvalue weighted by molar-refractivity contribution is -0.158. The van der Waals surface area contributed by atoms with Crippen LogP contribution in [0.3, 0.4) is 0 Å². The Balaban J connectivity index is 1.51. The standard InChI is InChI=1S/C45H38O6/c1-5-41(46)50-43(7-3)48-39-27-25-37(31-19-9-11-21-33(31)39)45(35-23-15-13-17-29(35)30-18-14-16-24-36(30)45)38-26-28-40(34-22-12-10-20-32(34)38)49-44(8-4)51-42(47)6-2/h5-6,9-28,43-44H,1-2,7-8H2,3-4H3. The number of fused-ring (bicyclic) bond motifs is 5. The number of rotatable bonds is 12. The summed E-state index contributed by atoms with van der Waals surface area (Å²) in [6.45, 7) is 10.9. The highest BCUT2D eigenvalue weighted by Crippen LogP contribution is 2.59. The first kappa shape index (κ1) is 33.4. The van der Waals surface area contributed by atoms with E-state index in [9.17, 15) is 9.59 Å². The number of esters is 2. The van der Waals surface area contributed by atoms with E-state index in [4.69, 9.17) is 18.9 Å². The minimum atomic E-state index is -0.777. The van der Waals surface area contributed by atoms with E-state index in [2.05, 4.69) is 86.0 Å². The molecule has 1 aliphatic rings. The molecule has 51 heavy (non-hydrogen) atoms. The fourth-order valence-corrected chi connectivity index (χ4v) is 7.38. The Hall–Kier alpha value is -6.14. The second-order valence-corrected chi connectivity index (χ2v) is 12.3. The molecule has 2 atom stereocenters. The Morgan fingerprint density at radius 3 is 1.29 bits per heavy atom. The van der Waals surface area contributed by atoms with E-state index in [1.165, 1.54) is 0 Å². The van der Waals surface area contributed by atoms with Gasteiger partial charge in [-0.3, -0.25) is 0 Å². The van der Waals surface area contributed by atoms with Gasteiger partial charge in [0.1, 0.15) is 11.5 Å². The molecule has 0 amide bonds. The highest BCUT2D eigenvalue weighted by atomic mass is 16.7. The fourth-order valence-electron chi connectivity index (χ4n) is 7.38. The van der Waals surface area contributed by atoms with Crippen LogP contribution in [0.4, 0.5) is 0 Å². The SMILES string of the molecule is C=CC(=O)OC(CC)Oc1ccc(C2(c3ccc(OC(CC)OC(=O)C=C)c4ccccc34)c3ccccc3-c3ccccc32)c2ccccc12. The van der Waals surface area contributed by atoms with E-state index < -0.39 is 29.9 Å². The maximum atomic E-state index is 12.1. The molecular weight excluding hydrogens is 636 g/mol. The van der Waals surface area contributed by atoms with E-state index in [-0.39, 0.29) is 0 Å². The Morgan fingerprint density at radius 2 is 0.902 bits per heavy atom. The topological polar surface area (TPSA) is 71.1 Å². The number of hydrogen-bond donors (Lipinski definition) is 0. The molecule has 0 bridgehead atoms. The van der Waals surface area contributed by atoms with Crippen molar-refractivity contribution in [1.82, 2.24) is 0 Å². The van der Waals surface area contributed by atoms with E-state index in [0.717, 1.165) is 67.1 Å². The van der Waals surface area contributed by atoms with Gasteiger partial charge in [0.05, 0.1) is 5.41 Å². The van der Waals surface area contributed by atoms with Crippen LogP contribution in [0.1, 0.15) is 48.9 Å². The minimum absolute atomic E-state index is 0.465. The number of carbonyl (C=O) groups excluding carboxylic acids is 2. The summed E-state index contributed by atoms with van der Waals surface area (Å²) in [6, 6.07) is 41.8. The molecule has 0 radical (unpaired) electrons. The molecular formula is C45H38O6. The van der Waals surface area contributed by atoms with Gasteiger partial charge in [-0.1, -0.05) is 136 Å². The first-order valence-corrected chi connectivity index (χ1v) is 17.2. The summed E-state index contributed by atoms with van der Waals surface area (Å²) >= 11 is 0. The van der Waals surface area contributed by atoms with E-state index in [1.54, 1.807) is 0 Å². The Labute approximate surface area is 297 Å². The van der Waals surface area contributed by atoms with Crippen molar-refractivity contribution in [1.29, 1.82) is 0 Å². The van der Waals surface area contributed by atoms with E-state index in [0.29, 0.717) is 24.3 Å².